The van der Waals surface area contributed by atoms with Crippen molar-refractivity contribution in [3.05, 3.63) is 0 Å². The second kappa shape index (κ2) is 5.14. The van der Waals surface area contributed by atoms with Gasteiger partial charge in [-0.15, -0.1) is 0 Å². The van der Waals surface area contributed by atoms with Crippen LogP contribution in [0.2, 0.25) is 0 Å². The third kappa shape index (κ3) is 2.63. The van der Waals surface area contributed by atoms with Gasteiger partial charge in [-0.1, -0.05) is 19.8 Å². The van der Waals surface area contributed by atoms with Gasteiger partial charge >= 0.3 is 11.8 Å². The fourth-order valence-corrected chi connectivity index (χ4v) is 3.77. The van der Waals surface area contributed by atoms with Crippen molar-refractivity contribution in [3.8, 4) is 0 Å². The number of likely N-dealkylation sites (tertiary alicyclic amines) is 1. The number of carbonyl (C=O) groups excluding carboxylic acids is 2. The van der Waals surface area contributed by atoms with Gasteiger partial charge < -0.3 is 10.2 Å². The molecule has 0 unspecified atom stereocenters. The summed E-state index contributed by atoms with van der Waals surface area (Å²) in [5.74, 6) is 0.651. The van der Waals surface area contributed by atoms with E-state index in [2.05, 4.69) is 12.2 Å². The number of hydrogen-bond acceptors (Lipinski definition) is 2. The molecule has 3 fully saturated rings. The van der Waals surface area contributed by atoms with E-state index in [1.165, 1.54) is 19.3 Å². The van der Waals surface area contributed by atoms with Crippen LogP contribution < -0.4 is 5.32 Å². The molecule has 2 amide bonds. The highest BCUT2D eigenvalue weighted by atomic mass is 16.2. The van der Waals surface area contributed by atoms with Gasteiger partial charge in [0.15, 0.2) is 0 Å². The first-order chi connectivity index (χ1) is 9.16. The quantitative estimate of drug-likeness (QED) is 0.733. The first-order valence-corrected chi connectivity index (χ1v) is 7.78. The van der Waals surface area contributed by atoms with Crippen molar-refractivity contribution in [1.29, 1.82) is 0 Å². The van der Waals surface area contributed by atoms with E-state index in [0.717, 1.165) is 32.2 Å². The first kappa shape index (κ1) is 12.9. The van der Waals surface area contributed by atoms with E-state index in [-0.39, 0.29) is 17.9 Å². The Balaban J connectivity index is 1.68. The van der Waals surface area contributed by atoms with Gasteiger partial charge in [-0.25, -0.2) is 0 Å². The summed E-state index contributed by atoms with van der Waals surface area (Å²) < 4.78 is 0. The van der Waals surface area contributed by atoms with E-state index >= 15 is 0 Å². The van der Waals surface area contributed by atoms with Crippen molar-refractivity contribution in [3.63, 3.8) is 0 Å². The number of piperidine rings is 1. The molecule has 1 N–H and O–H groups in total. The van der Waals surface area contributed by atoms with Crippen LogP contribution in [0.3, 0.4) is 0 Å². The molecule has 4 heteroatoms. The summed E-state index contributed by atoms with van der Waals surface area (Å²) in [6.45, 7) is 3.06. The molecule has 1 saturated heterocycles. The van der Waals surface area contributed by atoms with Gasteiger partial charge in [0, 0.05) is 18.6 Å². The highest BCUT2D eigenvalue weighted by Crippen LogP contribution is 2.38. The van der Waals surface area contributed by atoms with Crippen LogP contribution in [0.15, 0.2) is 0 Å². The number of carbonyl (C=O) groups is 2. The Kier molecular flexibility index (Phi) is 3.50. The lowest BCUT2D eigenvalue weighted by atomic mass is 9.72. The first-order valence-electron chi connectivity index (χ1n) is 7.78. The van der Waals surface area contributed by atoms with Crippen LogP contribution >= 0.6 is 0 Å². The minimum atomic E-state index is -0.374. The molecule has 1 heterocycles. The standard InChI is InChI=1S/C15H24N2O2/c1-10-8-9-17(13-5-3-2-4-12(10)13)15(19)14(18)16-11-6-7-11/h10-13H,2-9H2,1H3,(H,16,18)/t10-,12+,13-/m1/s1. The molecule has 2 aliphatic carbocycles. The molecule has 4 nitrogen and oxygen atoms in total. The van der Waals surface area contributed by atoms with E-state index in [1.54, 1.807) is 0 Å². The normalized spacial score (nSPS) is 34.6. The Labute approximate surface area is 114 Å². The Morgan fingerprint density at radius 3 is 2.53 bits per heavy atom. The van der Waals surface area contributed by atoms with E-state index in [4.69, 9.17) is 0 Å². The molecule has 0 radical (unpaired) electrons. The highest BCUT2D eigenvalue weighted by molar-refractivity contribution is 6.35. The smallest absolute Gasteiger partial charge is 0.312 e. The van der Waals surface area contributed by atoms with Crippen LogP contribution in [0.5, 0.6) is 0 Å². The largest absolute Gasteiger partial charge is 0.345 e. The van der Waals surface area contributed by atoms with Crippen LogP contribution in [0.25, 0.3) is 0 Å². The fraction of sp³-hybridized carbons (Fsp3) is 0.867. The van der Waals surface area contributed by atoms with Crippen LogP contribution in [0, 0.1) is 11.8 Å². The average molecular weight is 264 g/mol. The van der Waals surface area contributed by atoms with Crippen molar-refractivity contribution >= 4 is 11.8 Å². The topological polar surface area (TPSA) is 49.4 Å². The number of rotatable bonds is 1. The maximum atomic E-state index is 12.3. The molecule has 3 atom stereocenters. The molecule has 3 rings (SSSR count). The Hall–Kier alpha value is -1.06. The zero-order chi connectivity index (χ0) is 13.4. The summed E-state index contributed by atoms with van der Waals surface area (Å²) in [5, 5.41) is 2.83. The van der Waals surface area contributed by atoms with Crippen molar-refractivity contribution < 1.29 is 9.59 Å². The van der Waals surface area contributed by atoms with Gasteiger partial charge in [-0.05, 0) is 43.9 Å². The molecule has 1 aliphatic heterocycles. The average Bonchev–Trinajstić information content (AvgIpc) is 3.23. The molecule has 0 aromatic heterocycles. The molecule has 0 bridgehead atoms. The van der Waals surface area contributed by atoms with Crippen molar-refractivity contribution in [2.24, 2.45) is 11.8 Å². The van der Waals surface area contributed by atoms with Crippen molar-refractivity contribution in [1.82, 2.24) is 10.2 Å². The second-order valence-electron chi connectivity index (χ2n) is 6.53. The Morgan fingerprint density at radius 2 is 1.79 bits per heavy atom. The van der Waals surface area contributed by atoms with Gasteiger partial charge in [0.1, 0.15) is 0 Å². The summed E-state index contributed by atoms with van der Waals surface area (Å²) in [6, 6.07) is 0.581. The Bertz CT molecular complexity index is 378. The summed E-state index contributed by atoms with van der Waals surface area (Å²) in [7, 11) is 0. The van der Waals surface area contributed by atoms with E-state index in [0.29, 0.717) is 17.9 Å². The predicted octanol–water partition coefficient (Wildman–Crippen LogP) is 1.69. The fourth-order valence-electron chi connectivity index (χ4n) is 3.77. The van der Waals surface area contributed by atoms with Crippen LogP contribution in [0.1, 0.15) is 51.9 Å². The molecule has 0 aromatic carbocycles. The van der Waals surface area contributed by atoms with Gasteiger partial charge in [0.25, 0.3) is 0 Å². The van der Waals surface area contributed by atoms with Crippen molar-refractivity contribution in [2.45, 2.75) is 64.0 Å². The molecule has 3 aliphatic rings. The van der Waals surface area contributed by atoms with Crippen LogP contribution in [-0.2, 0) is 9.59 Å². The van der Waals surface area contributed by atoms with Crippen molar-refractivity contribution in [2.75, 3.05) is 6.54 Å². The summed E-state index contributed by atoms with van der Waals surface area (Å²) >= 11 is 0. The number of nitrogens with zero attached hydrogens (tertiary/aromatic N) is 1. The minimum Gasteiger partial charge on any atom is -0.345 e. The summed E-state index contributed by atoms with van der Waals surface area (Å²) in [5.41, 5.74) is 0. The maximum absolute atomic E-state index is 12.3. The number of nitrogens with one attached hydrogen (secondary N) is 1. The van der Waals surface area contributed by atoms with Gasteiger partial charge in [-0.2, -0.15) is 0 Å². The Morgan fingerprint density at radius 1 is 1.05 bits per heavy atom. The minimum absolute atomic E-state index is 0.266. The van der Waals surface area contributed by atoms with Crippen LogP contribution in [-0.4, -0.2) is 35.3 Å². The van der Waals surface area contributed by atoms with E-state index in [1.807, 2.05) is 4.90 Å². The van der Waals surface area contributed by atoms with Gasteiger partial charge in [0.2, 0.25) is 0 Å². The lowest BCUT2D eigenvalue weighted by Crippen LogP contribution is -2.56. The number of fused-ring (bicyclic) bond motifs is 1. The zero-order valence-corrected chi connectivity index (χ0v) is 11.7. The maximum Gasteiger partial charge on any atom is 0.312 e. The SMILES string of the molecule is C[C@@H]1CCN(C(=O)C(=O)NC2CC2)[C@@H]2CCCC[C@@H]12. The third-order valence-corrected chi connectivity index (χ3v) is 5.11. The predicted molar refractivity (Wildman–Crippen MR) is 72.4 cm³/mol. The molecular weight excluding hydrogens is 240 g/mol. The monoisotopic (exact) mass is 264 g/mol. The molecule has 2 saturated carbocycles. The molecule has 0 spiro atoms. The third-order valence-electron chi connectivity index (χ3n) is 5.11. The van der Waals surface area contributed by atoms with Gasteiger partial charge in [0.05, 0.1) is 0 Å². The molecular formula is C15H24N2O2. The lowest BCUT2D eigenvalue weighted by Gasteiger charge is -2.47. The summed E-state index contributed by atoms with van der Waals surface area (Å²) in [4.78, 5) is 26.2. The molecule has 106 valence electrons. The van der Waals surface area contributed by atoms with Gasteiger partial charge in [-0.3, -0.25) is 9.59 Å². The molecule has 19 heavy (non-hydrogen) atoms. The molecule has 0 aromatic rings. The summed E-state index contributed by atoms with van der Waals surface area (Å²) in [6.07, 6.45) is 7.88. The number of hydrogen-bond donors (Lipinski definition) is 1. The highest BCUT2D eigenvalue weighted by Gasteiger charge is 2.41. The number of amides is 2. The zero-order valence-electron chi connectivity index (χ0n) is 11.7. The second-order valence-corrected chi connectivity index (χ2v) is 6.53. The van der Waals surface area contributed by atoms with E-state index < -0.39 is 0 Å². The van der Waals surface area contributed by atoms with E-state index in [9.17, 15) is 9.59 Å². The lowest BCUT2D eigenvalue weighted by molar-refractivity contribution is -0.151. The van der Waals surface area contributed by atoms with Crippen LogP contribution in [0.4, 0.5) is 0 Å².